The van der Waals surface area contributed by atoms with E-state index < -0.39 is 0 Å². The van der Waals surface area contributed by atoms with Crippen LogP contribution < -0.4 is 5.19 Å². The average molecular weight is 437 g/mol. The van der Waals surface area contributed by atoms with Gasteiger partial charge in [-0.05, 0) is 22.3 Å². The molecule has 0 spiro atoms. The zero-order valence-corrected chi connectivity index (χ0v) is 18.1. The molecule has 0 saturated heterocycles. The van der Waals surface area contributed by atoms with Gasteiger partial charge in [-0.25, -0.2) is 0 Å². The zero-order valence-electron chi connectivity index (χ0n) is 12.6. The third kappa shape index (κ3) is 3.88. The number of fused-ring (bicyclic) bond motifs is 3. The first kappa shape index (κ1) is 20.4. The van der Waals surface area contributed by atoms with E-state index in [-0.39, 0.29) is 60.5 Å². The first-order chi connectivity index (χ1) is 9.93. The number of rotatable bonds is 2. The largest absolute Gasteiger partial charge is 0.147 e. The van der Waals surface area contributed by atoms with Gasteiger partial charge in [0.05, 0.1) is 9.52 Å². The molecule has 0 aliphatic heterocycles. The molecular formula is C19H18Cl2SiZr. The van der Waals surface area contributed by atoms with E-state index in [1.54, 1.807) is 5.19 Å². The topological polar surface area (TPSA) is 0 Å². The molecule has 0 heterocycles. The average Bonchev–Trinajstić information content (AvgIpc) is 2.84. The summed E-state index contributed by atoms with van der Waals surface area (Å²) in [5, 5.41) is 1.55. The summed E-state index contributed by atoms with van der Waals surface area (Å²) in [7, 11) is -0.352. The van der Waals surface area contributed by atoms with Gasteiger partial charge in [0.15, 0.2) is 0 Å². The van der Waals surface area contributed by atoms with E-state index in [1.807, 2.05) is 0 Å². The van der Waals surface area contributed by atoms with Gasteiger partial charge in [0.1, 0.15) is 0 Å². The third-order valence-electron chi connectivity index (χ3n) is 4.25. The quantitative estimate of drug-likeness (QED) is 0.531. The second-order valence-electron chi connectivity index (χ2n) is 5.42. The second-order valence-corrected chi connectivity index (χ2v) is 7.46. The SMILES string of the molecule is Cl.Cl.[Zr].c1ccc([SiH2]C2c3ccccc3-c3ccccc32)cc1. The Morgan fingerprint density at radius 3 is 1.52 bits per heavy atom. The zero-order chi connectivity index (χ0) is 13.4. The molecule has 1 aliphatic carbocycles. The first-order valence-corrected chi connectivity index (χ1v) is 8.68. The van der Waals surface area contributed by atoms with Crippen LogP contribution in [-0.4, -0.2) is 9.52 Å². The van der Waals surface area contributed by atoms with E-state index >= 15 is 0 Å². The molecule has 116 valence electrons. The van der Waals surface area contributed by atoms with Gasteiger partial charge in [0, 0.05) is 31.7 Å². The van der Waals surface area contributed by atoms with Crippen LogP contribution in [0.4, 0.5) is 0 Å². The molecule has 0 unspecified atom stereocenters. The normalized spacial score (nSPS) is 11.8. The van der Waals surface area contributed by atoms with Crippen molar-refractivity contribution in [3.63, 3.8) is 0 Å². The van der Waals surface area contributed by atoms with Gasteiger partial charge in [-0.15, -0.1) is 24.8 Å². The fourth-order valence-electron chi connectivity index (χ4n) is 3.33. The molecule has 0 bridgehead atoms. The standard InChI is InChI=1S/C19H16Si.2ClH.Zr/c1-2-8-14(9-3-1)20-19-17-12-6-4-10-15(17)16-11-5-7-13-18(16)19;;;/h1-13,19H,20H2;2*1H;. The summed E-state index contributed by atoms with van der Waals surface area (Å²) in [5.74, 6) is 0. The Morgan fingerprint density at radius 1 is 0.565 bits per heavy atom. The molecule has 4 heteroatoms. The monoisotopic (exact) mass is 434 g/mol. The molecule has 0 N–H and O–H groups in total. The van der Waals surface area contributed by atoms with Gasteiger partial charge in [-0.2, -0.15) is 0 Å². The minimum atomic E-state index is -0.352. The minimum absolute atomic E-state index is 0. The molecule has 23 heavy (non-hydrogen) atoms. The van der Waals surface area contributed by atoms with Gasteiger partial charge in [0.25, 0.3) is 0 Å². The van der Waals surface area contributed by atoms with E-state index in [9.17, 15) is 0 Å². The van der Waals surface area contributed by atoms with Crippen molar-refractivity contribution in [3.05, 3.63) is 90.0 Å². The maximum absolute atomic E-state index is 2.32. The van der Waals surface area contributed by atoms with Gasteiger partial charge in [-0.1, -0.05) is 84.0 Å². The van der Waals surface area contributed by atoms with E-state index in [0.717, 1.165) is 0 Å². The Bertz CT molecular complexity index is 717. The van der Waals surface area contributed by atoms with Crippen LogP contribution in [0.25, 0.3) is 11.1 Å². The molecule has 0 radical (unpaired) electrons. The van der Waals surface area contributed by atoms with E-state index in [4.69, 9.17) is 0 Å². The van der Waals surface area contributed by atoms with Crippen LogP contribution in [0.2, 0.25) is 0 Å². The van der Waals surface area contributed by atoms with Crippen LogP contribution in [-0.2, 0) is 26.2 Å². The van der Waals surface area contributed by atoms with E-state index in [2.05, 4.69) is 78.9 Å². The molecule has 0 amide bonds. The molecule has 0 atom stereocenters. The summed E-state index contributed by atoms with van der Waals surface area (Å²) in [5.41, 5.74) is 6.58. The number of halogens is 2. The summed E-state index contributed by atoms with van der Waals surface area (Å²) in [6.07, 6.45) is 0. The van der Waals surface area contributed by atoms with Crippen molar-refractivity contribution < 1.29 is 26.2 Å². The van der Waals surface area contributed by atoms with E-state index in [1.165, 1.54) is 22.3 Å². The molecule has 4 rings (SSSR count). The Kier molecular flexibility index (Phi) is 7.97. The third-order valence-corrected chi connectivity index (χ3v) is 6.48. The van der Waals surface area contributed by atoms with Crippen molar-refractivity contribution in [2.75, 3.05) is 0 Å². The number of benzene rings is 3. The Hall–Kier alpha value is -0.660. The van der Waals surface area contributed by atoms with Crippen LogP contribution >= 0.6 is 24.8 Å². The van der Waals surface area contributed by atoms with Gasteiger partial charge in [0.2, 0.25) is 0 Å². The van der Waals surface area contributed by atoms with E-state index in [0.29, 0.717) is 5.54 Å². The maximum atomic E-state index is 2.32. The van der Waals surface area contributed by atoms with Gasteiger partial charge in [-0.3, -0.25) is 0 Å². The fourth-order valence-corrected chi connectivity index (χ4v) is 5.50. The Labute approximate surface area is 171 Å². The molecule has 0 nitrogen and oxygen atoms in total. The van der Waals surface area contributed by atoms with Crippen molar-refractivity contribution in [1.82, 2.24) is 0 Å². The predicted molar refractivity (Wildman–Crippen MR) is 103 cm³/mol. The molecule has 3 aromatic rings. The maximum Gasteiger partial charge on any atom is 0.0679 e. The summed E-state index contributed by atoms with van der Waals surface area (Å²) in [6.45, 7) is 0. The number of hydrogen-bond donors (Lipinski definition) is 0. The summed E-state index contributed by atoms with van der Waals surface area (Å²) in [4.78, 5) is 0. The van der Waals surface area contributed by atoms with Crippen LogP contribution in [0.3, 0.4) is 0 Å². The van der Waals surface area contributed by atoms with Crippen molar-refractivity contribution >= 4 is 39.5 Å². The molecule has 3 aromatic carbocycles. The molecular weight excluding hydrogens is 418 g/mol. The number of hydrogen-bond acceptors (Lipinski definition) is 0. The van der Waals surface area contributed by atoms with Crippen LogP contribution in [0.15, 0.2) is 78.9 Å². The van der Waals surface area contributed by atoms with Gasteiger partial charge >= 0.3 is 0 Å². The van der Waals surface area contributed by atoms with Gasteiger partial charge < -0.3 is 0 Å². The Morgan fingerprint density at radius 2 is 1.00 bits per heavy atom. The van der Waals surface area contributed by atoms with Crippen molar-refractivity contribution in [2.45, 2.75) is 5.54 Å². The molecule has 0 saturated carbocycles. The predicted octanol–water partition coefficient (Wildman–Crippen LogP) is 4.09. The van der Waals surface area contributed by atoms with Crippen LogP contribution in [0.5, 0.6) is 0 Å². The van der Waals surface area contributed by atoms with Crippen LogP contribution in [0.1, 0.15) is 16.7 Å². The van der Waals surface area contributed by atoms with Crippen molar-refractivity contribution in [1.29, 1.82) is 0 Å². The molecule has 0 fully saturated rings. The first-order valence-electron chi connectivity index (χ1n) is 7.15. The van der Waals surface area contributed by atoms with Crippen LogP contribution in [0, 0.1) is 0 Å². The van der Waals surface area contributed by atoms with Crippen molar-refractivity contribution in [2.24, 2.45) is 0 Å². The Balaban J connectivity index is 0.000000882. The second kappa shape index (κ2) is 8.99. The van der Waals surface area contributed by atoms with Crippen molar-refractivity contribution in [3.8, 4) is 11.1 Å². The summed E-state index contributed by atoms with van der Waals surface area (Å²) in [6, 6.07) is 28.8. The summed E-state index contributed by atoms with van der Waals surface area (Å²) >= 11 is 0. The molecule has 0 aromatic heterocycles. The minimum Gasteiger partial charge on any atom is -0.147 e. The fraction of sp³-hybridized carbons (Fsp3) is 0.0526. The summed E-state index contributed by atoms with van der Waals surface area (Å²) < 4.78 is 0. The molecule has 1 aliphatic rings. The smallest absolute Gasteiger partial charge is 0.0679 e.